The molecule has 1 saturated carbocycles. The molecule has 0 bridgehead atoms. The van der Waals surface area contributed by atoms with E-state index in [0.717, 1.165) is 40.6 Å². The molecule has 3 unspecified atom stereocenters. The topological polar surface area (TPSA) is 136 Å². The standard InChI is InChI=1S/C27H20ClN9O2/c28-15-3-5-22(36-12-30-34-35-36)18(8-15)20-10-24(39)37-25(16-9-17(16)27(37)33-20)21-11-29-26(32-21)14-1-4-19-13(7-14)2-6-23(38)31-19/h1,3-5,7-8,10-12,16-17,25H,2,6,9H2,(H,29,32)(H,31,38). The fourth-order valence-corrected chi connectivity index (χ4v) is 6.13. The van der Waals surface area contributed by atoms with Crippen LogP contribution < -0.4 is 10.9 Å². The third-order valence-corrected chi connectivity index (χ3v) is 8.09. The number of benzene rings is 2. The minimum Gasteiger partial charge on any atom is -0.340 e. The number of nitrogens with zero attached hydrogens (tertiary/aromatic N) is 7. The van der Waals surface area contributed by atoms with Crippen LogP contribution in [0.5, 0.6) is 0 Å². The maximum Gasteiger partial charge on any atom is 0.254 e. The van der Waals surface area contributed by atoms with Gasteiger partial charge in [-0.2, -0.15) is 4.68 Å². The Balaban J connectivity index is 1.17. The zero-order valence-corrected chi connectivity index (χ0v) is 21.1. The van der Waals surface area contributed by atoms with E-state index >= 15 is 0 Å². The van der Waals surface area contributed by atoms with Gasteiger partial charge in [-0.1, -0.05) is 11.6 Å². The smallest absolute Gasteiger partial charge is 0.254 e. The Labute approximate surface area is 225 Å². The Morgan fingerprint density at radius 1 is 1.05 bits per heavy atom. The first-order chi connectivity index (χ1) is 19.0. The molecule has 5 aromatic rings. The van der Waals surface area contributed by atoms with Crippen LogP contribution in [0.15, 0.2) is 59.8 Å². The van der Waals surface area contributed by atoms with Crippen molar-refractivity contribution >= 4 is 23.2 Å². The maximum atomic E-state index is 13.6. The van der Waals surface area contributed by atoms with Gasteiger partial charge in [0.1, 0.15) is 18.0 Å². The van der Waals surface area contributed by atoms with Gasteiger partial charge >= 0.3 is 0 Å². The zero-order valence-electron chi connectivity index (χ0n) is 20.4. The van der Waals surface area contributed by atoms with Crippen molar-refractivity contribution < 1.29 is 4.79 Å². The molecule has 12 heteroatoms. The lowest BCUT2D eigenvalue weighted by Gasteiger charge is -2.18. The number of rotatable bonds is 4. The predicted octanol–water partition coefficient (Wildman–Crippen LogP) is 3.52. The normalized spacial score (nSPS) is 20.7. The lowest BCUT2D eigenvalue weighted by molar-refractivity contribution is -0.116. The number of nitrogens with one attached hydrogen (secondary N) is 2. The minimum atomic E-state index is -0.157. The lowest BCUT2D eigenvalue weighted by Crippen LogP contribution is -2.27. The largest absolute Gasteiger partial charge is 0.340 e. The monoisotopic (exact) mass is 537 g/mol. The number of fused-ring (bicyclic) bond motifs is 4. The van der Waals surface area contributed by atoms with Crippen LogP contribution in [0.25, 0.3) is 28.3 Å². The molecule has 3 atom stereocenters. The molecular formula is C27H20ClN9O2. The van der Waals surface area contributed by atoms with Crippen LogP contribution in [0.1, 0.15) is 41.9 Å². The number of aryl methyl sites for hydroxylation is 1. The molecule has 0 saturated heterocycles. The van der Waals surface area contributed by atoms with Gasteiger partial charge in [0, 0.05) is 40.2 Å². The van der Waals surface area contributed by atoms with E-state index in [0.29, 0.717) is 34.8 Å². The van der Waals surface area contributed by atoms with Crippen molar-refractivity contribution in [2.75, 3.05) is 5.32 Å². The van der Waals surface area contributed by atoms with Crippen molar-refractivity contribution in [1.82, 2.24) is 39.7 Å². The van der Waals surface area contributed by atoms with Gasteiger partial charge in [0.05, 0.1) is 29.3 Å². The molecule has 2 aliphatic heterocycles. The first kappa shape index (κ1) is 22.4. The van der Waals surface area contributed by atoms with Crippen LogP contribution in [0.3, 0.4) is 0 Å². The molecule has 1 fully saturated rings. The minimum absolute atomic E-state index is 0.0404. The summed E-state index contributed by atoms with van der Waals surface area (Å²) >= 11 is 6.32. The number of H-pyrrole nitrogens is 1. The van der Waals surface area contributed by atoms with Crippen molar-refractivity contribution in [2.45, 2.75) is 31.2 Å². The second-order valence-electron chi connectivity index (χ2n) is 10.2. The zero-order chi connectivity index (χ0) is 26.2. The SMILES string of the molecule is O=C1CCc2cc(-c3ncc(C4C5CC5c5nc(-c6cc(Cl)ccc6-n6cnnn6)cc(=O)n54)[nH]3)ccc2N1. The molecule has 1 aliphatic carbocycles. The molecule has 0 spiro atoms. The average Bonchev–Trinajstić information content (AvgIpc) is 3.28. The molecule has 11 nitrogen and oxygen atoms in total. The van der Waals surface area contributed by atoms with E-state index < -0.39 is 0 Å². The fourth-order valence-electron chi connectivity index (χ4n) is 5.96. The predicted molar refractivity (Wildman–Crippen MR) is 142 cm³/mol. The van der Waals surface area contributed by atoms with Gasteiger partial charge < -0.3 is 10.3 Å². The number of hydrogen-bond donors (Lipinski definition) is 2. The Morgan fingerprint density at radius 3 is 2.85 bits per heavy atom. The summed E-state index contributed by atoms with van der Waals surface area (Å²) in [7, 11) is 0. The van der Waals surface area contributed by atoms with Crippen molar-refractivity contribution in [2.24, 2.45) is 5.92 Å². The van der Waals surface area contributed by atoms with Crippen LogP contribution in [0.2, 0.25) is 5.02 Å². The van der Waals surface area contributed by atoms with Crippen LogP contribution in [0.4, 0.5) is 5.69 Å². The maximum absolute atomic E-state index is 13.6. The number of aromatic nitrogens is 8. The molecule has 1 amide bonds. The molecule has 192 valence electrons. The third-order valence-electron chi connectivity index (χ3n) is 7.85. The number of carbonyl (C=O) groups excluding carboxylic acids is 1. The molecular weight excluding hydrogens is 518 g/mol. The molecule has 3 aliphatic rings. The van der Waals surface area contributed by atoms with Crippen molar-refractivity contribution in [3.63, 3.8) is 0 Å². The third kappa shape index (κ3) is 3.53. The number of amides is 1. The summed E-state index contributed by atoms with van der Waals surface area (Å²) < 4.78 is 3.32. The van der Waals surface area contributed by atoms with E-state index in [1.807, 2.05) is 24.4 Å². The Morgan fingerprint density at radius 2 is 1.97 bits per heavy atom. The molecule has 8 rings (SSSR count). The Hall–Kier alpha value is -4.64. The van der Waals surface area contributed by atoms with Crippen molar-refractivity contribution in [3.8, 4) is 28.3 Å². The van der Waals surface area contributed by atoms with Gasteiger partial charge in [0.2, 0.25) is 5.91 Å². The second-order valence-corrected chi connectivity index (χ2v) is 10.6. The van der Waals surface area contributed by atoms with Crippen LogP contribution in [-0.2, 0) is 11.2 Å². The summed E-state index contributed by atoms with van der Waals surface area (Å²) in [6.45, 7) is 0. The van der Waals surface area contributed by atoms with E-state index in [9.17, 15) is 9.59 Å². The highest BCUT2D eigenvalue weighted by molar-refractivity contribution is 6.31. The van der Waals surface area contributed by atoms with E-state index in [-0.39, 0.29) is 29.3 Å². The molecule has 39 heavy (non-hydrogen) atoms. The van der Waals surface area contributed by atoms with Gasteiger partial charge in [-0.25, -0.2) is 9.97 Å². The van der Waals surface area contributed by atoms with Crippen LogP contribution in [-0.4, -0.2) is 45.6 Å². The number of imidazole rings is 1. The number of tetrazole rings is 1. The van der Waals surface area contributed by atoms with E-state index in [1.54, 1.807) is 22.8 Å². The molecule has 2 aromatic carbocycles. The van der Waals surface area contributed by atoms with Gasteiger partial charge in [0.15, 0.2) is 0 Å². The molecule has 0 radical (unpaired) electrons. The average molecular weight is 538 g/mol. The van der Waals surface area contributed by atoms with E-state index in [1.165, 1.54) is 11.0 Å². The number of aromatic amines is 1. The van der Waals surface area contributed by atoms with Gasteiger partial charge in [-0.3, -0.25) is 14.2 Å². The van der Waals surface area contributed by atoms with Gasteiger partial charge in [-0.15, -0.1) is 5.10 Å². The second kappa shape index (κ2) is 8.18. The van der Waals surface area contributed by atoms with E-state index in [4.69, 9.17) is 16.6 Å². The van der Waals surface area contributed by atoms with Crippen molar-refractivity contribution in [1.29, 1.82) is 0 Å². The Bertz CT molecular complexity index is 1860. The summed E-state index contributed by atoms with van der Waals surface area (Å²) in [5, 5.41) is 14.9. The number of carbonyl (C=O) groups is 1. The number of hydrogen-bond acceptors (Lipinski definition) is 7. The first-order valence-corrected chi connectivity index (χ1v) is 13.1. The van der Waals surface area contributed by atoms with Gasteiger partial charge in [0.25, 0.3) is 5.56 Å². The summed E-state index contributed by atoms with van der Waals surface area (Å²) in [5.41, 5.74) is 5.55. The highest BCUT2D eigenvalue weighted by Crippen LogP contribution is 2.60. The van der Waals surface area contributed by atoms with Crippen LogP contribution in [0, 0.1) is 5.92 Å². The highest BCUT2D eigenvalue weighted by Gasteiger charge is 2.55. The highest BCUT2D eigenvalue weighted by atomic mass is 35.5. The summed E-state index contributed by atoms with van der Waals surface area (Å²) in [6.07, 6.45) is 5.45. The lowest BCUT2D eigenvalue weighted by atomic mass is 10.0. The number of halogens is 1. The Kier molecular flexibility index (Phi) is 4.69. The molecule has 5 heterocycles. The number of anilines is 1. The molecule has 3 aromatic heterocycles. The summed E-state index contributed by atoms with van der Waals surface area (Å²) in [4.78, 5) is 38.4. The van der Waals surface area contributed by atoms with E-state index in [2.05, 4.69) is 36.9 Å². The molecule has 2 N–H and O–H groups in total. The summed E-state index contributed by atoms with van der Waals surface area (Å²) in [5.74, 6) is 2.04. The summed E-state index contributed by atoms with van der Waals surface area (Å²) in [6, 6.07) is 12.7. The first-order valence-electron chi connectivity index (χ1n) is 12.7. The quantitative estimate of drug-likeness (QED) is 0.358. The van der Waals surface area contributed by atoms with Crippen LogP contribution >= 0.6 is 11.6 Å². The van der Waals surface area contributed by atoms with Crippen molar-refractivity contribution in [3.05, 3.63) is 87.4 Å². The van der Waals surface area contributed by atoms with Gasteiger partial charge in [-0.05, 0) is 71.1 Å². The fraction of sp³-hybridized carbons (Fsp3) is 0.222.